The minimum absolute atomic E-state index is 0.113. The maximum atomic E-state index is 10.5. The summed E-state index contributed by atoms with van der Waals surface area (Å²) in [5.41, 5.74) is 1.18. The van der Waals surface area contributed by atoms with Crippen molar-refractivity contribution >= 4 is 5.97 Å². The van der Waals surface area contributed by atoms with Gasteiger partial charge in [-0.15, -0.1) is 0 Å². The SMILES string of the molecule is CC1=CC(C)CC(C(O)C(=O)O)C1. The second-order valence-corrected chi connectivity index (χ2v) is 3.97. The van der Waals surface area contributed by atoms with Gasteiger partial charge in [-0.05, 0) is 31.6 Å². The summed E-state index contributed by atoms with van der Waals surface area (Å²) in [6.45, 7) is 4.03. The molecule has 3 atom stereocenters. The van der Waals surface area contributed by atoms with Crippen LogP contribution in [0, 0.1) is 11.8 Å². The lowest BCUT2D eigenvalue weighted by atomic mass is 9.81. The zero-order valence-electron chi connectivity index (χ0n) is 8.03. The molecule has 0 radical (unpaired) electrons. The molecule has 1 aliphatic rings. The van der Waals surface area contributed by atoms with Crippen LogP contribution in [0.25, 0.3) is 0 Å². The Hall–Kier alpha value is -0.830. The molecule has 0 fully saturated rings. The van der Waals surface area contributed by atoms with E-state index in [4.69, 9.17) is 5.11 Å². The van der Waals surface area contributed by atoms with E-state index >= 15 is 0 Å². The van der Waals surface area contributed by atoms with E-state index in [-0.39, 0.29) is 5.92 Å². The molecule has 2 N–H and O–H groups in total. The average Bonchev–Trinajstić information content (AvgIpc) is 2.01. The molecule has 3 heteroatoms. The first-order valence-corrected chi connectivity index (χ1v) is 4.59. The van der Waals surface area contributed by atoms with E-state index in [1.165, 1.54) is 5.57 Å². The smallest absolute Gasteiger partial charge is 0.332 e. The van der Waals surface area contributed by atoms with E-state index in [2.05, 4.69) is 6.08 Å². The van der Waals surface area contributed by atoms with Gasteiger partial charge in [0.15, 0.2) is 6.10 Å². The number of aliphatic carboxylic acids is 1. The number of aliphatic hydroxyl groups is 1. The minimum Gasteiger partial charge on any atom is -0.479 e. The number of carboxylic acids is 1. The summed E-state index contributed by atoms with van der Waals surface area (Å²) in [5, 5.41) is 18.0. The second-order valence-electron chi connectivity index (χ2n) is 3.97. The van der Waals surface area contributed by atoms with Crippen molar-refractivity contribution in [3.8, 4) is 0 Å². The van der Waals surface area contributed by atoms with Gasteiger partial charge in [-0.1, -0.05) is 18.6 Å². The van der Waals surface area contributed by atoms with Crippen LogP contribution in [0.4, 0.5) is 0 Å². The summed E-state index contributed by atoms with van der Waals surface area (Å²) in [6, 6.07) is 0. The van der Waals surface area contributed by atoms with Crippen LogP contribution in [0.2, 0.25) is 0 Å². The lowest BCUT2D eigenvalue weighted by molar-refractivity contribution is -0.150. The van der Waals surface area contributed by atoms with Crippen molar-refractivity contribution in [2.45, 2.75) is 32.8 Å². The molecule has 3 nitrogen and oxygen atoms in total. The van der Waals surface area contributed by atoms with Crippen molar-refractivity contribution in [3.63, 3.8) is 0 Å². The molecule has 0 heterocycles. The number of aliphatic hydroxyl groups excluding tert-OH is 1. The molecule has 0 aromatic heterocycles. The fraction of sp³-hybridized carbons (Fsp3) is 0.700. The van der Waals surface area contributed by atoms with E-state index < -0.39 is 12.1 Å². The van der Waals surface area contributed by atoms with Crippen LogP contribution in [0.15, 0.2) is 11.6 Å². The first-order chi connectivity index (χ1) is 6.00. The number of rotatable bonds is 2. The van der Waals surface area contributed by atoms with E-state index in [0.717, 1.165) is 6.42 Å². The number of hydrogen-bond donors (Lipinski definition) is 2. The van der Waals surface area contributed by atoms with E-state index in [0.29, 0.717) is 12.3 Å². The monoisotopic (exact) mass is 184 g/mol. The Bertz CT molecular complexity index is 232. The van der Waals surface area contributed by atoms with E-state index in [1.807, 2.05) is 13.8 Å². The van der Waals surface area contributed by atoms with Gasteiger partial charge < -0.3 is 10.2 Å². The van der Waals surface area contributed by atoms with Crippen molar-refractivity contribution in [1.29, 1.82) is 0 Å². The summed E-state index contributed by atoms with van der Waals surface area (Å²) >= 11 is 0. The highest BCUT2D eigenvalue weighted by Gasteiger charge is 2.29. The number of hydrogen-bond acceptors (Lipinski definition) is 2. The van der Waals surface area contributed by atoms with Crippen LogP contribution in [-0.4, -0.2) is 22.3 Å². The molecule has 0 spiro atoms. The molecule has 1 rings (SSSR count). The molecule has 3 unspecified atom stereocenters. The predicted molar refractivity (Wildman–Crippen MR) is 49.3 cm³/mol. The first kappa shape index (κ1) is 10.3. The molecule has 13 heavy (non-hydrogen) atoms. The maximum absolute atomic E-state index is 10.5. The molecule has 0 aromatic carbocycles. The van der Waals surface area contributed by atoms with Crippen molar-refractivity contribution in [1.82, 2.24) is 0 Å². The average molecular weight is 184 g/mol. The molecule has 74 valence electrons. The second kappa shape index (κ2) is 3.92. The molecular formula is C10H16O3. The minimum atomic E-state index is -1.20. The van der Waals surface area contributed by atoms with Crippen LogP contribution in [0.3, 0.4) is 0 Å². The third kappa shape index (κ3) is 2.56. The zero-order chi connectivity index (χ0) is 10.0. The molecule has 0 saturated carbocycles. The fourth-order valence-electron chi connectivity index (χ4n) is 2.04. The number of allylic oxidation sites excluding steroid dienone is 2. The standard InChI is InChI=1S/C10H16O3/c1-6-3-7(2)5-8(4-6)9(11)10(12)13/h3,6,8-9,11H,4-5H2,1-2H3,(H,12,13). The summed E-state index contributed by atoms with van der Waals surface area (Å²) in [6.07, 6.45) is 2.42. The predicted octanol–water partition coefficient (Wildman–Crippen LogP) is 1.42. The van der Waals surface area contributed by atoms with Gasteiger partial charge in [-0.25, -0.2) is 4.79 Å². The molecule has 0 aliphatic heterocycles. The van der Waals surface area contributed by atoms with Crippen molar-refractivity contribution in [2.24, 2.45) is 11.8 Å². The Balaban J connectivity index is 2.64. The molecule has 0 saturated heterocycles. The summed E-state index contributed by atoms with van der Waals surface area (Å²) in [4.78, 5) is 10.5. The van der Waals surface area contributed by atoms with Crippen LogP contribution < -0.4 is 0 Å². The highest BCUT2D eigenvalue weighted by Crippen LogP contribution is 2.30. The highest BCUT2D eigenvalue weighted by molar-refractivity contribution is 5.72. The highest BCUT2D eigenvalue weighted by atomic mass is 16.4. The Labute approximate surface area is 78.1 Å². The Morgan fingerprint density at radius 3 is 2.77 bits per heavy atom. The Morgan fingerprint density at radius 2 is 2.31 bits per heavy atom. The van der Waals surface area contributed by atoms with Crippen molar-refractivity contribution in [2.75, 3.05) is 0 Å². The van der Waals surface area contributed by atoms with Gasteiger partial charge in [-0.2, -0.15) is 0 Å². The van der Waals surface area contributed by atoms with E-state index in [1.54, 1.807) is 0 Å². The van der Waals surface area contributed by atoms with Crippen LogP contribution in [-0.2, 0) is 4.79 Å². The lowest BCUT2D eigenvalue weighted by Gasteiger charge is -2.27. The van der Waals surface area contributed by atoms with Gasteiger partial charge in [0, 0.05) is 0 Å². The normalized spacial score (nSPS) is 30.8. The van der Waals surface area contributed by atoms with Gasteiger partial charge in [0.2, 0.25) is 0 Å². The first-order valence-electron chi connectivity index (χ1n) is 4.59. The van der Waals surface area contributed by atoms with Gasteiger partial charge in [0.05, 0.1) is 0 Å². The van der Waals surface area contributed by atoms with Crippen molar-refractivity contribution < 1.29 is 15.0 Å². The molecular weight excluding hydrogens is 168 g/mol. The van der Waals surface area contributed by atoms with Crippen LogP contribution in [0.1, 0.15) is 26.7 Å². The van der Waals surface area contributed by atoms with Gasteiger partial charge in [-0.3, -0.25) is 0 Å². The third-order valence-electron chi connectivity index (χ3n) is 2.53. The number of carbonyl (C=O) groups is 1. The molecule has 0 aromatic rings. The maximum Gasteiger partial charge on any atom is 0.332 e. The van der Waals surface area contributed by atoms with Crippen molar-refractivity contribution in [3.05, 3.63) is 11.6 Å². The lowest BCUT2D eigenvalue weighted by Crippen LogP contribution is -2.32. The van der Waals surface area contributed by atoms with Gasteiger partial charge >= 0.3 is 5.97 Å². The quantitative estimate of drug-likeness (QED) is 0.638. The van der Waals surface area contributed by atoms with Crippen LogP contribution in [0.5, 0.6) is 0 Å². The Morgan fingerprint density at radius 1 is 1.69 bits per heavy atom. The topological polar surface area (TPSA) is 57.5 Å². The molecule has 1 aliphatic carbocycles. The number of carboxylic acid groups (broad SMARTS) is 1. The zero-order valence-corrected chi connectivity index (χ0v) is 8.03. The molecule has 0 bridgehead atoms. The largest absolute Gasteiger partial charge is 0.479 e. The Kier molecular flexibility index (Phi) is 3.09. The summed E-state index contributed by atoms with van der Waals surface area (Å²) in [5.74, 6) is -0.836. The third-order valence-corrected chi connectivity index (χ3v) is 2.53. The molecule has 0 amide bonds. The van der Waals surface area contributed by atoms with Gasteiger partial charge in [0.1, 0.15) is 0 Å². The van der Waals surface area contributed by atoms with Gasteiger partial charge in [0.25, 0.3) is 0 Å². The summed E-state index contributed by atoms with van der Waals surface area (Å²) < 4.78 is 0. The summed E-state index contributed by atoms with van der Waals surface area (Å²) in [7, 11) is 0. The van der Waals surface area contributed by atoms with E-state index in [9.17, 15) is 9.90 Å². The van der Waals surface area contributed by atoms with Crippen LogP contribution >= 0.6 is 0 Å². The fourth-order valence-corrected chi connectivity index (χ4v) is 2.04.